The summed E-state index contributed by atoms with van der Waals surface area (Å²) in [6.45, 7) is 0. The number of halogens is 2. The number of carbonyl (C=O) groups is 2. The average Bonchev–Trinajstić information content (AvgIpc) is 2.77. The van der Waals surface area contributed by atoms with Crippen molar-refractivity contribution in [1.29, 1.82) is 0 Å². The van der Waals surface area contributed by atoms with E-state index in [0.29, 0.717) is 15.5 Å². The highest BCUT2D eigenvalue weighted by molar-refractivity contribution is 8.18. The molecule has 2 aromatic rings. The van der Waals surface area contributed by atoms with Gasteiger partial charge in [-0.2, -0.15) is 0 Å². The monoisotopic (exact) mass is 333 g/mol. The Morgan fingerprint density at radius 1 is 1.14 bits per heavy atom. The molecule has 22 heavy (non-hydrogen) atoms. The lowest BCUT2D eigenvalue weighted by Gasteiger charge is -2.06. The van der Waals surface area contributed by atoms with Gasteiger partial charge in [0.1, 0.15) is 5.82 Å². The number of imide groups is 1. The Bertz CT molecular complexity index is 820. The van der Waals surface area contributed by atoms with Crippen molar-refractivity contribution >= 4 is 40.6 Å². The molecule has 0 aliphatic carbocycles. The standard InChI is InChI=1S/C16H9ClFNO2S/c17-13-8-11(18)4-5-12(13)10-3-1-2-9(6-10)7-14-15(20)19-16(21)22-14/h1-8H,(H,19,20,21)/b14-7-. The molecule has 6 heteroatoms. The highest BCUT2D eigenvalue weighted by atomic mass is 35.5. The Balaban J connectivity index is 1.98. The van der Waals surface area contributed by atoms with E-state index in [0.717, 1.165) is 22.9 Å². The molecule has 0 saturated carbocycles. The molecule has 0 unspecified atom stereocenters. The minimum absolute atomic E-state index is 0.313. The van der Waals surface area contributed by atoms with Crippen molar-refractivity contribution in [1.82, 2.24) is 5.32 Å². The Morgan fingerprint density at radius 2 is 1.95 bits per heavy atom. The zero-order chi connectivity index (χ0) is 15.7. The molecule has 1 N–H and O–H groups in total. The van der Waals surface area contributed by atoms with Crippen LogP contribution in [0.1, 0.15) is 5.56 Å². The van der Waals surface area contributed by atoms with Crippen molar-refractivity contribution in [2.75, 3.05) is 0 Å². The van der Waals surface area contributed by atoms with Gasteiger partial charge in [-0.15, -0.1) is 0 Å². The number of nitrogens with one attached hydrogen (secondary N) is 1. The topological polar surface area (TPSA) is 46.2 Å². The van der Waals surface area contributed by atoms with Crippen molar-refractivity contribution in [2.24, 2.45) is 0 Å². The Labute approximate surface area is 135 Å². The van der Waals surface area contributed by atoms with Crippen LogP contribution >= 0.6 is 23.4 Å². The summed E-state index contributed by atoms with van der Waals surface area (Å²) in [5.74, 6) is -0.801. The van der Waals surface area contributed by atoms with Crippen molar-refractivity contribution < 1.29 is 14.0 Å². The van der Waals surface area contributed by atoms with Crippen LogP contribution in [0.15, 0.2) is 47.4 Å². The molecule has 0 aromatic heterocycles. The molecular formula is C16H9ClFNO2S. The van der Waals surface area contributed by atoms with Gasteiger partial charge in [0.15, 0.2) is 0 Å². The molecule has 2 amide bonds. The lowest BCUT2D eigenvalue weighted by Crippen LogP contribution is -2.17. The summed E-state index contributed by atoms with van der Waals surface area (Å²) in [6.07, 6.45) is 1.63. The maximum Gasteiger partial charge on any atom is 0.290 e. The van der Waals surface area contributed by atoms with Crippen molar-refractivity contribution in [3.05, 3.63) is 63.8 Å². The van der Waals surface area contributed by atoms with E-state index >= 15 is 0 Å². The van der Waals surface area contributed by atoms with Crippen LogP contribution in [0.5, 0.6) is 0 Å². The largest absolute Gasteiger partial charge is 0.290 e. The molecule has 1 saturated heterocycles. The fourth-order valence-electron chi connectivity index (χ4n) is 2.09. The summed E-state index contributed by atoms with van der Waals surface area (Å²) in [7, 11) is 0. The van der Waals surface area contributed by atoms with E-state index in [9.17, 15) is 14.0 Å². The average molecular weight is 334 g/mol. The summed E-state index contributed by atoms with van der Waals surface area (Å²) in [6, 6.07) is 11.5. The first-order valence-corrected chi connectivity index (χ1v) is 7.53. The van der Waals surface area contributed by atoms with Gasteiger partial charge >= 0.3 is 0 Å². The number of rotatable bonds is 2. The van der Waals surface area contributed by atoms with Crippen LogP contribution in [0.2, 0.25) is 5.02 Å². The third-order valence-corrected chi connectivity index (χ3v) is 4.19. The summed E-state index contributed by atoms with van der Waals surface area (Å²) in [4.78, 5) is 23.0. The van der Waals surface area contributed by atoms with Crippen molar-refractivity contribution in [2.45, 2.75) is 0 Å². The van der Waals surface area contributed by atoms with Crippen LogP contribution in [0.3, 0.4) is 0 Å². The second-order valence-electron chi connectivity index (χ2n) is 4.60. The molecule has 0 atom stereocenters. The van der Waals surface area contributed by atoms with Gasteiger partial charge in [0, 0.05) is 5.56 Å². The molecule has 3 rings (SSSR count). The lowest BCUT2D eigenvalue weighted by atomic mass is 10.0. The van der Waals surface area contributed by atoms with E-state index in [1.807, 2.05) is 18.2 Å². The highest BCUT2D eigenvalue weighted by Gasteiger charge is 2.24. The number of benzene rings is 2. The van der Waals surface area contributed by atoms with E-state index in [-0.39, 0.29) is 5.24 Å². The van der Waals surface area contributed by atoms with Crippen molar-refractivity contribution in [3.8, 4) is 11.1 Å². The molecule has 0 radical (unpaired) electrons. The molecule has 0 bridgehead atoms. The van der Waals surface area contributed by atoms with Gasteiger partial charge in [-0.1, -0.05) is 29.8 Å². The molecule has 1 aliphatic heterocycles. The molecule has 1 fully saturated rings. The second-order valence-corrected chi connectivity index (χ2v) is 6.02. The van der Waals surface area contributed by atoms with Gasteiger partial charge in [-0.3, -0.25) is 14.9 Å². The van der Waals surface area contributed by atoms with Crippen LogP contribution in [-0.2, 0) is 4.79 Å². The first kappa shape index (κ1) is 14.8. The van der Waals surface area contributed by atoms with Gasteiger partial charge in [0.05, 0.1) is 9.93 Å². The summed E-state index contributed by atoms with van der Waals surface area (Å²) < 4.78 is 13.1. The molecule has 0 spiro atoms. The molecule has 2 aromatic carbocycles. The number of amides is 2. The number of hydrogen-bond acceptors (Lipinski definition) is 3. The number of thioether (sulfide) groups is 1. The van der Waals surface area contributed by atoms with Gasteiger partial charge in [-0.05, 0) is 53.2 Å². The van der Waals surface area contributed by atoms with E-state index in [4.69, 9.17) is 11.6 Å². The first-order valence-electron chi connectivity index (χ1n) is 6.33. The van der Waals surface area contributed by atoms with Crippen LogP contribution in [0.4, 0.5) is 9.18 Å². The number of carbonyl (C=O) groups excluding carboxylic acids is 2. The fourth-order valence-corrected chi connectivity index (χ4v) is 3.05. The molecule has 110 valence electrons. The molecule has 1 heterocycles. The Hall–Kier alpha value is -2.11. The Kier molecular flexibility index (Phi) is 4.00. The zero-order valence-corrected chi connectivity index (χ0v) is 12.7. The maximum atomic E-state index is 13.1. The quantitative estimate of drug-likeness (QED) is 0.825. The normalized spacial score (nSPS) is 16.2. The SMILES string of the molecule is O=C1NC(=O)/C(=C/c2cccc(-c3ccc(F)cc3Cl)c2)S1. The highest BCUT2D eigenvalue weighted by Crippen LogP contribution is 2.31. The third kappa shape index (κ3) is 3.05. The molecular weight excluding hydrogens is 325 g/mol. The summed E-state index contributed by atoms with van der Waals surface area (Å²) in [5, 5.41) is 2.14. The van der Waals surface area contributed by atoms with Crippen LogP contribution in [-0.4, -0.2) is 11.1 Å². The molecule has 3 nitrogen and oxygen atoms in total. The van der Waals surface area contributed by atoms with Gasteiger partial charge in [0.25, 0.3) is 11.1 Å². The van der Waals surface area contributed by atoms with Gasteiger partial charge < -0.3 is 0 Å². The van der Waals surface area contributed by atoms with Crippen LogP contribution < -0.4 is 5.32 Å². The van der Waals surface area contributed by atoms with Crippen LogP contribution in [0.25, 0.3) is 17.2 Å². The Morgan fingerprint density at radius 3 is 2.64 bits per heavy atom. The summed E-state index contributed by atoms with van der Waals surface area (Å²) in [5.41, 5.74) is 2.25. The molecule has 1 aliphatic rings. The third-order valence-electron chi connectivity index (χ3n) is 3.07. The summed E-state index contributed by atoms with van der Waals surface area (Å²) >= 11 is 6.92. The zero-order valence-electron chi connectivity index (χ0n) is 11.1. The first-order chi connectivity index (χ1) is 10.5. The maximum absolute atomic E-state index is 13.1. The minimum atomic E-state index is -0.403. The fraction of sp³-hybridized carbons (Fsp3) is 0. The lowest BCUT2D eigenvalue weighted by molar-refractivity contribution is -0.115. The van der Waals surface area contributed by atoms with Crippen LogP contribution in [0, 0.1) is 5.82 Å². The predicted octanol–water partition coefficient (Wildman–Crippen LogP) is 4.47. The number of hydrogen-bond donors (Lipinski definition) is 1. The van der Waals surface area contributed by atoms with Crippen molar-refractivity contribution in [3.63, 3.8) is 0 Å². The van der Waals surface area contributed by atoms with Gasteiger partial charge in [0.2, 0.25) is 0 Å². The van der Waals surface area contributed by atoms with E-state index in [1.165, 1.54) is 12.1 Å². The smallest absolute Gasteiger partial charge is 0.282 e. The second kappa shape index (κ2) is 5.94. The van der Waals surface area contributed by atoms with E-state index in [1.54, 1.807) is 18.2 Å². The van der Waals surface area contributed by atoms with E-state index in [2.05, 4.69) is 5.32 Å². The van der Waals surface area contributed by atoms with E-state index < -0.39 is 11.7 Å². The predicted molar refractivity (Wildman–Crippen MR) is 86.0 cm³/mol. The minimum Gasteiger partial charge on any atom is -0.282 e. The van der Waals surface area contributed by atoms with Gasteiger partial charge in [-0.25, -0.2) is 4.39 Å².